The number of para-hydroxylation sites is 1. The number of nitrogens with zero attached hydrogens (tertiary/aromatic N) is 2. The first-order valence-corrected chi connectivity index (χ1v) is 8.40. The molecule has 3 rings (SSSR count). The Balaban J connectivity index is 1.82. The van der Waals surface area contributed by atoms with Crippen LogP contribution in [-0.4, -0.2) is 42.8 Å². The summed E-state index contributed by atoms with van der Waals surface area (Å²) in [7, 11) is 0. The van der Waals surface area contributed by atoms with Crippen LogP contribution in [0.5, 0.6) is 5.75 Å². The van der Waals surface area contributed by atoms with Crippen LogP contribution in [0.2, 0.25) is 0 Å². The summed E-state index contributed by atoms with van der Waals surface area (Å²) in [6.07, 6.45) is 0.687. The molecule has 1 atom stereocenters. The highest BCUT2D eigenvalue weighted by molar-refractivity contribution is 6.06. The lowest BCUT2D eigenvalue weighted by atomic mass is 10.1. The Morgan fingerprint density at radius 1 is 1.12 bits per heavy atom. The highest BCUT2D eigenvalue weighted by atomic mass is 16.5. The molecule has 1 aliphatic rings. The molecule has 1 aliphatic heterocycles. The van der Waals surface area contributed by atoms with Crippen LogP contribution in [0.1, 0.15) is 6.42 Å². The van der Waals surface area contributed by atoms with E-state index < -0.39 is 12.6 Å². The zero-order valence-corrected chi connectivity index (χ0v) is 14.2. The number of nitrogens with two attached hydrogens (primary N) is 1. The third-order valence-corrected chi connectivity index (χ3v) is 4.24. The van der Waals surface area contributed by atoms with Crippen molar-refractivity contribution in [2.24, 2.45) is 5.73 Å². The van der Waals surface area contributed by atoms with Crippen molar-refractivity contribution in [3.63, 3.8) is 0 Å². The van der Waals surface area contributed by atoms with Crippen molar-refractivity contribution in [3.8, 4) is 5.75 Å². The van der Waals surface area contributed by atoms with E-state index in [0.29, 0.717) is 25.3 Å². The number of hydrogen-bond donors (Lipinski definition) is 2. The summed E-state index contributed by atoms with van der Waals surface area (Å²) in [5, 5.41) is 8.67. The van der Waals surface area contributed by atoms with E-state index in [1.165, 1.54) is 0 Å². The second-order valence-electron chi connectivity index (χ2n) is 6.01. The fraction of sp³-hybridized carbons (Fsp3) is 0.263. The van der Waals surface area contributed by atoms with Crippen LogP contribution in [0.15, 0.2) is 54.6 Å². The van der Waals surface area contributed by atoms with Gasteiger partial charge in [0, 0.05) is 17.9 Å². The number of carboxylic acids is 1. The maximum Gasteiger partial charge on any atom is 0.341 e. The number of amides is 2. The van der Waals surface area contributed by atoms with Gasteiger partial charge in [-0.25, -0.2) is 9.59 Å². The Morgan fingerprint density at radius 2 is 1.81 bits per heavy atom. The Bertz CT molecular complexity index is 764. The van der Waals surface area contributed by atoms with Gasteiger partial charge in [-0.15, -0.1) is 0 Å². The largest absolute Gasteiger partial charge is 0.482 e. The number of aliphatic carboxylic acids is 1. The predicted molar refractivity (Wildman–Crippen MR) is 98.7 cm³/mol. The number of ether oxygens (including phenoxy) is 1. The topological polar surface area (TPSA) is 96.1 Å². The minimum Gasteiger partial charge on any atom is -0.482 e. The molecule has 0 aliphatic carbocycles. The summed E-state index contributed by atoms with van der Waals surface area (Å²) < 4.78 is 5.14. The summed E-state index contributed by atoms with van der Waals surface area (Å²) in [5.74, 6) is -0.594. The van der Waals surface area contributed by atoms with Crippen LogP contribution in [0.25, 0.3) is 0 Å². The quantitative estimate of drug-likeness (QED) is 0.794. The fourth-order valence-electron chi connectivity index (χ4n) is 3.06. The number of urea groups is 1. The highest BCUT2D eigenvalue weighted by Crippen LogP contribution is 2.31. The van der Waals surface area contributed by atoms with Gasteiger partial charge in [0.1, 0.15) is 5.75 Å². The summed E-state index contributed by atoms with van der Waals surface area (Å²) in [6, 6.07) is 16.2. The van der Waals surface area contributed by atoms with Crippen LogP contribution in [0.4, 0.5) is 16.2 Å². The molecule has 2 amide bonds. The smallest absolute Gasteiger partial charge is 0.341 e. The van der Waals surface area contributed by atoms with E-state index in [2.05, 4.69) is 0 Å². The SMILES string of the molecule is NCCC1CN(c2ccccc2)C(=O)N1c1ccc(OCC(=O)O)cc1. The molecule has 3 N–H and O–H groups in total. The van der Waals surface area contributed by atoms with Crippen molar-refractivity contribution >= 4 is 23.4 Å². The number of carboxylic acid groups (broad SMARTS) is 1. The van der Waals surface area contributed by atoms with E-state index in [0.717, 1.165) is 11.4 Å². The first-order valence-electron chi connectivity index (χ1n) is 8.40. The monoisotopic (exact) mass is 355 g/mol. The maximum absolute atomic E-state index is 13.0. The normalized spacial score (nSPS) is 16.8. The van der Waals surface area contributed by atoms with Gasteiger partial charge >= 0.3 is 12.0 Å². The fourth-order valence-corrected chi connectivity index (χ4v) is 3.06. The Kier molecular flexibility index (Phi) is 5.38. The average molecular weight is 355 g/mol. The van der Waals surface area contributed by atoms with E-state index in [1.54, 1.807) is 34.1 Å². The molecule has 136 valence electrons. The molecule has 1 unspecified atom stereocenters. The minimum atomic E-state index is -1.04. The molecule has 26 heavy (non-hydrogen) atoms. The van der Waals surface area contributed by atoms with Crippen LogP contribution in [0, 0.1) is 0 Å². The zero-order chi connectivity index (χ0) is 18.5. The summed E-state index contributed by atoms with van der Waals surface area (Å²) >= 11 is 0. The van der Waals surface area contributed by atoms with Gasteiger partial charge in [0.25, 0.3) is 0 Å². The molecule has 0 saturated carbocycles. The first kappa shape index (κ1) is 17.8. The number of carbonyl (C=O) groups is 2. The standard InChI is InChI=1S/C19H21N3O4/c20-11-10-16-12-21(14-4-2-1-3-5-14)19(25)22(16)15-6-8-17(9-7-15)26-13-18(23)24/h1-9,16H,10-13,20H2,(H,23,24). The Hall–Kier alpha value is -3.06. The average Bonchev–Trinajstić information content (AvgIpc) is 2.98. The van der Waals surface area contributed by atoms with Crippen molar-refractivity contribution in [1.29, 1.82) is 0 Å². The number of hydrogen-bond acceptors (Lipinski definition) is 4. The van der Waals surface area contributed by atoms with Crippen molar-refractivity contribution in [2.45, 2.75) is 12.5 Å². The minimum absolute atomic E-state index is 0.0292. The molecule has 0 aromatic heterocycles. The van der Waals surface area contributed by atoms with Gasteiger partial charge in [0.2, 0.25) is 0 Å². The molecule has 1 heterocycles. The van der Waals surface area contributed by atoms with Gasteiger partial charge in [0.15, 0.2) is 6.61 Å². The van der Waals surface area contributed by atoms with Gasteiger partial charge in [-0.2, -0.15) is 0 Å². The van der Waals surface area contributed by atoms with Crippen LogP contribution >= 0.6 is 0 Å². The van der Waals surface area contributed by atoms with Crippen molar-refractivity contribution in [1.82, 2.24) is 0 Å². The van der Waals surface area contributed by atoms with Gasteiger partial charge < -0.3 is 15.6 Å². The number of carbonyl (C=O) groups excluding carboxylic acids is 1. The molecule has 7 heteroatoms. The van der Waals surface area contributed by atoms with E-state index in [4.69, 9.17) is 15.6 Å². The molecular formula is C19H21N3O4. The second-order valence-corrected chi connectivity index (χ2v) is 6.01. The van der Waals surface area contributed by atoms with E-state index in [1.807, 2.05) is 30.3 Å². The van der Waals surface area contributed by atoms with Crippen LogP contribution in [0.3, 0.4) is 0 Å². The zero-order valence-electron chi connectivity index (χ0n) is 14.2. The lowest BCUT2D eigenvalue weighted by Crippen LogP contribution is -2.36. The number of rotatable bonds is 7. The summed E-state index contributed by atoms with van der Waals surface area (Å²) in [6.45, 7) is 0.647. The molecule has 7 nitrogen and oxygen atoms in total. The molecule has 0 bridgehead atoms. The molecule has 1 saturated heterocycles. The van der Waals surface area contributed by atoms with E-state index in [9.17, 15) is 9.59 Å². The van der Waals surface area contributed by atoms with Crippen molar-refractivity contribution in [3.05, 3.63) is 54.6 Å². The number of benzene rings is 2. The molecule has 2 aromatic rings. The van der Waals surface area contributed by atoms with Crippen molar-refractivity contribution < 1.29 is 19.4 Å². The highest BCUT2D eigenvalue weighted by Gasteiger charge is 2.38. The summed E-state index contributed by atoms with van der Waals surface area (Å²) in [4.78, 5) is 27.1. The van der Waals surface area contributed by atoms with E-state index >= 15 is 0 Å². The number of anilines is 2. The maximum atomic E-state index is 13.0. The first-order chi connectivity index (χ1) is 12.6. The Labute approximate surface area is 151 Å². The molecule has 1 fully saturated rings. The van der Waals surface area contributed by atoms with Crippen LogP contribution in [-0.2, 0) is 4.79 Å². The molecule has 0 spiro atoms. The van der Waals surface area contributed by atoms with Gasteiger partial charge in [-0.3, -0.25) is 9.80 Å². The Morgan fingerprint density at radius 3 is 2.42 bits per heavy atom. The van der Waals surface area contributed by atoms with Crippen molar-refractivity contribution in [2.75, 3.05) is 29.5 Å². The van der Waals surface area contributed by atoms with Crippen LogP contribution < -0.4 is 20.3 Å². The molecule has 2 aromatic carbocycles. The third kappa shape index (κ3) is 3.78. The van der Waals surface area contributed by atoms with Gasteiger partial charge in [-0.05, 0) is 49.4 Å². The molecule has 0 radical (unpaired) electrons. The predicted octanol–water partition coefficient (Wildman–Crippen LogP) is 2.31. The summed E-state index contributed by atoms with van der Waals surface area (Å²) in [5.41, 5.74) is 7.32. The lowest BCUT2D eigenvalue weighted by Gasteiger charge is -2.23. The van der Waals surface area contributed by atoms with Gasteiger partial charge in [0.05, 0.1) is 6.04 Å². The molecular weight excluding hydrogens is 334 g/mol. The lowest BCUT2D eigenvalue weighted by molar-refractivity contribution is -0.139. The van der Waals surface area contributed by atoms with E-state index in [-0.39, 0.29) is 12.1 Å². The van der Waals surface area contributed by atoms with Gasteiger partial charge in [-0.1, -0.05) is 18.2 Å². The second kappa shape index (κ2) is 7.88. The third-order valence-electron chi connectivity index (χ3n) is 4.24.